The molecule has 0 radical (unpaired) electrons. The van der Waals surface area contributed by atoms with E-state index in [1.807, 2.05) is 45.0 Å². The van der Waals surface area contributed by atoms with Gasteiger partial charge < -0.3 is 9.84 Å². The molecule has 1 fully saturated rings. The lowest BCUT2D eigenvalue weighted by molar-refractivity contribution is -0.126. The first kappa shape index (κ1) is 23.2. The van der Waals surface area contributed by atoms with E-state index in [0.29, 0.717) is 31.6 Å². The number of hydrogen-bond acceptors (Lipinski definition) is 5. The summed E-state index contributed by atoms with van der Waals surface area (Å²) in [4.78, 5) is 12.5. The molecule has 168 valence electrons. The number of aromatic nitrogens is 1. The largest absolute Gasteiger partial charge is 0.356 e. The van der Waals surface area contributed by atoms with Gasteiger partial charge in [0.15, 0.2) is 10.7 Å². The summed E-state index contributed by atoms with van der Waals surface area (Å²) in [5.41, 5.74) is 3.51. The van der Waals surface area contributed by atoms with E-state index in [2.05, 4.69) is 10.5 Å². The van der Waals surface area contributed by atoms with Crippen molar-refractivity contribution in [2.75, 3.05) is 19.6 Å². The SMILES string of the molecule is CCCNC(=O)[C@@H]1CCCN(S(=O)(=O)c2c(C)noc2/C=C/c2cc(C)ccc2C)C1. The Morgan fingerprint density at radius 1 is 1.29 bits per heavy atom. The second kappa shape index (κ2) is 9.78. The number of amides is 1. The van der Waals surface area contributed by atoms with Crippen molar-refractivity contribution >= 4 is 28.1 Å². The van der Waals surface area contributed by atoms with Crippen LogP contribution in [0.2, 0.25) is 0 Å². The molecule has 1 aliphatic rings. The molecule has 1 atom stereocenters. The second-order valence-corrected chi connectivity index (χ2v) is 10.0. The summed E-state index contributed by atoms with van der Waals surface area (Å²) in [7, 11) is -3.84. The number of nitrogens with zero attached hydrogens (tertiary/aromatic N) is 2. The molecule has 2 heterocycles. The first-order chi connectivity index (χ1) is 14.7. The summed E-state index contributed by atoms with van der Waals surface area (Å²) in [5, 5.41) is 6.79. The highest BCUT2D eigenvalue weighted by Gasteiger charge is 2.36. The number of nitrogens with one attached hydrogen (secondary N) is 1. The van der Waals surface area contributed by atoms with Gasteiger partial charge in [-0.2, -0.15) is 4.31 Å². The van der Waals surface area contributed by atoms with Crippen molar-refractivity contribution in [1.82, 2.24) is 14.8 Å². The van der Waals surface area contributed by atoms with Crippen LogP contribution in [0.25, 0.3) is 12.2 Å². The number of aryl methyl sites for hydroxylation is 3. The van der Waals surface area contributed by atoms with Crippen LogP contribution < -0.4 is 5.32 Å². The minimum atomic E-state index is -3.84. The number of carbonyl (C=O) groups excluding carboxylic acids is 1. The Kier molecular flexibility index (Phi) is 7.33. The van der Waals surface area contributed by atoms with Gasteiger partial charge in [0.25, 0.3) is 0 Å². The number of benzene rings is 1. The molecular weight excluding hydrogens is 414 g/mol. The van der Waals surface area contributed by atoms with Crippen LogP contribution in [0.4, 0.5) is 0 Å². The lowest BCUT2D eigenvalue weighted by Gasteiger charge is -2.31. The molecule has 0 saturated carbocycles. The van der Waals surface area contributed by atoms with E-state index >= 15 is 0 Å². The van der Waals surface area contributed by atoms with Crippen LogP contribution in [0.5, 0.6) is 0 Å². The molecule has 0 spiro atoms. The smallest absolute Gasteiger partial charge is 0.248 e. The van der Waals surface area contributed by atoms with Crippen LogP contribution in [0.1, 0.15) is 54.3 Å². The van der Waals surface area contributed by atoms with Crippen molar-refractivity contribution in [1.29, 1.82) is 0 Å². The molecule has 1 amide bonds. The third-order valence-corrected chi connectivity index (χ3v) is 7.61. The molecule has 3 rings (SSSR count). The van der Waals surface area contributed by atoms with Crippen LogP contribution in [-0.4, -0.2) is 43.4 Å². The molecule has 8 heteroatoms. The lowest BCUT2D eigenvalue weighted by atomic mass is 9.99. The Labute approximate surface area is 184 Å². The summed E-state index contributed by atoms with van der Waals surface area (Å²) >= 11 is 0. The van der Waals surface area contributed by atoms with Gasteiger partial charge in [-0.05, 0) is 57.2 Å². The second-order valence-electron chi connectivity index (χ2n) is 8.15. The maximum Gasteiger partial charge on any atom is 0.248 e. The van der Waals surface area contributed by atoms with Gasteiger partial charge in [0.1, 0.15) is 5.69 Å². The highest BCUT2D eigenvalue weighted by Crippen LogP contribution is 2.29. The third-order valence-electron chi connectivity index (χ3n) is 5.58. The summed E-state index contributed by atoms with van der Waals surface area (Å²) in [6, 6.07) is 6.09. The number of hydrogen-bond donors (Lipinski definition) is 1. The van der Waals surface area contributed by atoms with Gasteiger partial charge in [0, 0.05) is 19.6 Å². The zero-order valence-electron chi connectivity index (χ0n) is 18.6. The van der Waals surface area contributed by atoms with Crippen LogP contribution in [0, 0.1) is 26.7 Å². The first-order valence-corrected chi connectivity index (χ1v) is 12.2. The summed E-state index contributed by atoms with van der Waals surface area (Å²) < 4.78 is 33.7. The minimum Gasteiger partial charge on any atom is -0.356 e. The molecule has 1 saturated heterocycles. The van der Waals surface area contributed by atoms with Gasteiger partial charge in [-0.3, -0.25) is 4.79 Å². The van der Waals surface area contributed by atoms with Gasteiger partial charge in [-0.25, -0.2) is 8.42 Å². The predicted molar refractivity (Wildman–Crippen MR) is 121 cm³/mol. The standard InChI is InChI=1S/C23H31N3O4S/c1-5-12-24-23(27)20-7-6-13-26(15-20)31(28,29)22-18(4)25-30-21(22)11-10-19-14-16(2)8-9-17(19)3/h8-11,14,20H,5-7,12-13,15H2,1-4H3,(H,24,27)/b11-10+/t20-/m1/s1. The van der Waals surface area contributed by atoms with E-state index in [0.717, 1.165) is 23.1 Å². The highest BCUT2D eigenvalue weighted by atomic mass is 32.2. The summed E-state index contributed by atoms with van der Waals surface area (Å²) in [6.45, 7) is 8.77. The van der Waals surface area contributed by atoms with E-state index in [1.54, 1.807) is 13.0 Å². The monoisotopic (exact) mass is 445 g/mol. The zero-order valence-corrected chi connectivity index (χ0v) is 19.5. The Hall–Kier alpha value is -2.45. The molecule has 0 unspecified atom stereocenters. The Morgan fingerprint density at radius 3 is 2.81 bits per heavy atom. The van der Waals surface area contributed by atoms with Gasteiger partial charge in [0.05, 0.1) is 5.92 Å². The molecule has 1 aliphatic heterocycles. The quantitative estimate of drug-likeness (QED) is 0.702. The number of carbonyl (C=O) groups is 1. The molecular formula is C23H31N3O4S. The number of rotatable bonds is 7. The predicted octanol–water partition coefficient (Wildman–Crippen LogP) is 3.70. The molecule has 1 aromatic carbocycles. The molecule has 7 nitrogen and oxygen atoms in total. The zero-order chi connectivity index (χ0) is 22.6. The van der Waals surface area contributed by atoms with E-state index < -0.39 is 10.0 Å². The molecule has 1 N–H and O–H groups in total. The minimum absolute atomic E-state index is 0.0728. The van der Waals surface area contributed by atoms with Crippen LogP contribution in [0.3, 0.4) is 0 Å². The highest BCUT2D eigenvalue weighted by molar-refractivity contribution is 7.89. The third kappa shape index (κ3) is 5.25. The van der Waals surface area contributed by atoms with Gasteiger partial charge in [-0.15, -0.1) is 0 Å². The molecule has 0 aliphatic carbocycles. The number of piperidine rings is 1. The Morgan fingerprint density at radius 2 is 2.06 bits per heavy atom. The van der Waals surface area contributed by atoms with Crippen LogP contribution in [-0.2, 0) is 14.8 Å². The first-order valence-electron chi connectivity index (χ1n) is 10.7. The van der Waals surface area contributed by atoms with Crippen molar-refractivity contribution < 1.29 is 17.7 Å². The van der Waals surface area contributed by atoms with E-state index in [1.165, 1.54) is 4.31 Å². The van der Waals surface area contributed by atoms with Crippen LogP contribution in [0.15, 0.2) is 27.6 Å². The van der Waals surface area contributed by atoms with Crippen molar-refractivity contribution in [3.63, 3.8) is 0 Å². The molecule has 0 bridgehead atoms. The topological polar surface area (TPSA) is 92.5 Å². The van der Waals surface area contributed by atoms with Gasteiger partial charge in [-0.1, -0.05) is 41.9 Å². The molecule has 1 aromatic heterocycles. The fourth-order valence-corrected chi connectivity index (χ4v) is 5.57. The normalized spacial score (nSPS) is 17.9. The van der Waals surface area contributed by atoms with Gasteiger partial charge >= 0.3 is 0 Å². The van der Waals surface area contributed by atoms with E-state index in [4.69, 9.17) is 4.52 Å². The Bertz CT molecular complexity index is 1070. The fourth-order valence-electron chi connectivity index (χ4n) is 3.80. The van der Waals surface area contributed by atoms with Gasteiger partial charge in [0.2, 0.25) is 15.9 Å². The maximum atomic E-state index is 13.5. The van der Waals surface area contributed by atoms with Crippen molar-refractivity contribution in [2.45, 2.75) is 51.9 Å². The molecule has 31 heavy (non-hydrogen) atoms. The lowest BCUT2D eigenvalue weighted by Crippen LogP contribution is -2.45. The van der Waals surface area contributed by atoms with Crippen molar-refractivity contribution in [2.24, 2.45) is 5.92 Å². The summed E-state index contributed by atoms with van der Waals surface area (Å²) in [5.74, 6) is -0.223. The Balaban J connectivity index is 1.86. The van der Waals surface area contributed by atoms with E-state index in [-0.39, 0.29) is 29.0 Å². The fraction of sp³-hybridized carbons (Fsp3) is 0.478. The van der Waals surface area contributed by atoms with Crippen molar-refractivity contribution in [3.05, 3.63) is 46.3 Å². The number of sulfonamides is 1. The van der Waals surface area contributed by atoms with E-state index in [9.17, 15) is 13.2 Å². The molecule has 2 aromatic rings. The van der Waals surface area contributed by atoms with Crippen molar-refractivity contribution in [3.8, 4) is 0 Å². The maximum absolute atomic E-state index is 13.5. The average Bonchev–Trinajstić information content (AvgIpc) is 3.13. The summed E-state index contributed by atoms with van der Waals surface area (Å²) in [6.07, 6.45) is 5.67. The average molecular weight is 446 g/mol. The van der Waals surface area contributed by atoms with Crippen LogP contribution >= 0.6 is 0 Å².